The first-order valence-electron chi connectivity index (χ1n) is 8.08. The number of benzene rings is 1. The Morgan fingerprint density at radius 3 is 2.77 bits per heavy atom. The standard InChI is InChI=1S/C17H22F3N5O/c1-13-4-5-14(15(10-13)26-12-17(18,19)20)11-23-16(21-2)22-7-9-25-8-3-6-24-25/h3-6,8,10H,7,9,11-12H2,1-2H3,(H2,21,22,23). The molecule has 0 aliphatic heterocycles. The van der Waals surface area contributed by atoms with E-state index in [0.717, 1.165) is 5.56 Å². The molecule has 0 aliphatic rings. The van der Waals surface area contributed by atoms with Gasteiger partial charge in [0.1, 0.15) is 5.75 Å². The minimum atomic E-state index is -4.38. The van der Waals surface area contributed by atoms with Gasteiger partial charge in [0.25, 0.3) is 0 Å². The minimum absolute atomic E-state index is 0.210. The summed E-state index contributed by atoms with van der Waals surface area (Å²) in [6.07, 6.45) is -0.820. The Morgan fingerprint density at radius 1 is 1.31 bits per heavy atom. The van der Waals surface area contributed by atoms with Crippen LogP contribution >= 0.6 is 0 Å². The topological polar surface area (TPSA) is 63.5 Å². The van der Waals surface area contributed by atoms with Gasteiger partial charge in [-0.2, -0.15) is 18.3 Å². The van der Waals surface area contributed by atoms with Crippen LogP contribution in [-0.2, 0) is 13.1 Å². The van der Waals surface area contributed by atoms with Gasteiger partial charge in [-0.15, -0.1) is 0 Å². The average Bonchev–Trinajstić information content (AvgIpc) is 3.10. The number of hydrogen-bond donors (Lipinski definition) is 2. The fourth-order valence-electron chi connectivity index (χ4n) is 2.22. The summed E-state index contributed by atoms with van der Waals surface area (Å²) in [5.41, 5.74) is 1.45. The van der Waals surface area contributed by atoms with Crippen LogP contribution in [0.3, 0.4) is 0 Å². The first kappa shape index (κ1) is 19.6. The number of halogens is 3. The number of aryl methyl sites for hydroxylation is 1. The number of nitrogens with one attached hydrogen (secondary N) is 2. The van der Waals surface area contributed by atoms with E-state index in [1.807, 2.05) is 18.3 Å². The third-order valence-corrected chi connectivity index (χ3v) is 3.48. The normalized spacial score (nSPS) is 12.1. The van der Waals surface area contributed by atoms with Gasteiger partial charge < -0.3 is 15.4 Å². The third kappa shape index (κ3) is 6.66. The van der Waals surface area contributed by atoms with Crippen LogP contribution in [0, 0.1) is 6.92 Å². The summed E-state index contributed by atoms with van der Waals surface area (Å²) in [5, 5.41) is 10.3. The molecule has 0 fully saturated rings. The van der Waals surface area contributed by atoms with Gasteiger partial charge in [0.05, 0.1) is 6.54 Å². The highest BCUT2D eigenvalue weighted by Crippen LogP contribution is 2.23. The van der Waals surface area contributed by atoms with Gasteiger partial charge in [0.15, 0.2) is 12.6 Å². The lowest BCUT2D eigenvalue weighted by atomic mass is 10.1. The van der Waals surface area contributed by atoms with Crippen LogP contribution in [-0.4, -0.2) is 42.1 Å². The van der Waals surface area contributed by atoms with Crippen LogP contribution in [0.25, 0.3) is 0 Å². The number of aliphatic imine (C=N–C) groups is 1. The fraction of sp³-hybridized carbons (Fsp3) is 0.412. The van der Waals surface area contributed by atoms with Crippen LogP contribution in [0.15, 0.2) is 41.7 Å². The van der Waals surface area contributed by atoms with Crippen molar-refractivity contribution in [2.75, 3.05) is 20.2 Å². The quantitative estimate of drug-likeness (QED) is 0.582. The molecule has 2 aromatic rings. The van der Waals surface area contributed by atoms with E-state index in [4.69, 9.17) is 4.74 Å². The molecule has 2 rings (SSSR count). The predicted molar refractivity (Wildman–Crippen MR) is 93.2 cm³/mol. The van der Waals surface area contributed by atoms with Crippen LogP contribution in [0.1, 0.15) is 11.1 Å². The molecule has 0 saturated carbocycles. The van der Waals surface area contributed by atoms with Gasteiger partial charge in [-0.3, -0.25) is 9.67 Å². The molecule has 0 atom stereocenters. The molecular weight excluding hydrogens is 347 g/mol. The molecule has 142 valence electrons. The van der Waals surface area contributed by atoms with Crippen LogP contribution < -0.4 is 15.4 Å². The molecule has 1 heterocycles. The maximum atomic E-state index is 12.4. The Kier molecular flexibility index (Phi) is 6.88. The van der Waals surface area contributed by atoms with Crippen molar-refractivity contribution in [3.8, 4) is 5.75 Å². The third-order valence-electron chi connectivity index (χ3n) is 3.48. The summed E-state index contributed by atoms with van der Waals surface area (Å²) >= 11 is 0. The smallest absolute Gasteiger partial charge is 0.422 e. The second kappa shape index (κ2) is 9.12. The Morgan fingerprint density at radius 2 is 2.12 bits per heavy atom. The van der Waals surface area contributed by atoms with Crippen molar-refractivity contribution >= 4 is 5.96 Å². The monoisotopic (exact) mass is 369 g/mol. The van der Waals surface area contributed by atoms with E-state index in [-0.39, 0.29) is 12.3 Å². The van der Waals surface area contributed by atoms with Gasteiger partial charge in [-0.1, -0.05) is 12.1 Å². The molecule has 0 aliphatic carbocycles. The van der Waals surface area contributed by atoms with Gasteiger partial charge in [-0.25, -0.2) is 0 Å². The number of nitrogens with zero attached hydrogens (tertiary/aromatic N) is 3. The van der Waals surface area contributed by atoms with E-state index in [9.17, 15) is 13.2 Å². The molecule has 0 saturated heterocycles. The van der Waals surface area contributed by atoms with Crippen molar-refractivity contribution in [2.24, 2.45) is 4.99 Å². The number of aromatic nitrogens is 2. The van der Waals surface area contributed by atoms with E-state index >= 15 is 0 Å². The maximum Gasteiger partial charge on any atom is 0.422 e. The zero-order valence-corrected chi connectivity index (χ0v) is 14.7. The van der Waals surface area contributed by atoms with E-state index < -0.39 is 12.8 Å². The Balaban J connectivity index is 1.89. The SMILES string of the molecule is CN=C(NCCn1cccn1)NCc1ccc(C)cc1OCC(F)(F)F. The summed E-state index contributed by atoms with van der Waals surface area (Å²) in [6.45, 7) is 2.04. The largest absolute Gasteiger partial charge is 0.484 e. The second-order valence-corrected chi connectivity index (χ2v) is 5.64. The predicted octanol–water partition coefficient (Wildman–Crippen LogP) is 2.50. The zero-order chi connectivity index (χ0) is 19.0. The van der Waals surface area contributed by atoms with Crippen molar-refractivity contribution < 1.29 is 17.9 Å². The van der Waals surface area contributed by atoms with Crippen LogP contribution in [0.5, 0.6) is 5.75 Å². The van der Waals surface area contributed by atoms with Gasteiger partial charge in [0, 0.05) is 38.1 Å². The molecule has 0 amide bonds. The molecule has 1 aromatic carbocycles. The fourth-order valence-corrected chi connectivity index (χ4v) is 2.22. The highest BCUT2D eigenvalue weighted by molar-refractivity contribution is 5.79. The summed E-state index contributed by atoms with van der Waals surface area (Å²) in [4.78, 5) is 4.10. The summed E-state index contributed by atoms with van der Waals surface area (Å²) in [7, 11) is 1.62. The number of rotatable bonds is 7. The molecule has 1 aromatic heterocycles. The van der Waals surface area contributed by atoms with E-state index in [1.165, 1.54) is 0 Å². The zero-order valence-electron chi connectivity index (χ0n) is 14.7. The molecule has 9 heteroatoms. The Hall–Kier alpha value is -2.71. The number of hydrogen-bond acceptors (Lipinski definition) is 3. The number of guanidine groups is 1. The maximum absolute atomic E-state index is 12.4. The van der Waals surface area contributed by atoms with Crippen molar-refractivity contribution in [1.29, 1.82) is 0 Å². The molecule has 0 radical (unpaired) electrons. The minimum Gasteiger partial charge on any atom is -0.484 e. The van der Waals surface area contributed by atoms with Crippen molar-refractivity contribution in [3.05, 3.63) is 47.8 Å². The summed E-state index contributed by atoms with van der Waals surface area (Å²) in [5.74, 6) is 0.751. The molecular formula is C17H22F3N5O. The summed E-state index contributed by atoms with van der Waals surface area (Å²) in [6, 6.07) is 7.00. The molecule has 6 nitrogen and oxygen atoms in total. The first-order valence-corrected chi connectivity index (χ1v) is 8.08. The second-order valence-electron chi connectivity index (χ2n) is 5.64. The highest BCUT2D eigenvalue weighted by atomic mass is 19.4. The van der Waals surface area contributed by atoms with Crippen molar-refractivity contribution in [1.82, 2.24) is 20.4 Å². The van der Waals surface area contributed by atoms with Crippen molar-refractivity contribution in [3.63, 3.8) is 0 Å². The first-order chi connectivity index (χ1) is 12.4. The Labute approximate surface area is 150 Å². The van der Waals surface area contributed by atoms with Gasteiger partial charge in [0.2, 0.25) is 0 Å². The lowest BCUT2D eigenvalue weighted by Crippen LogP contribution is -2.38. The molecule has 0 bridgehead atoms. The van der Waals surface area contributed by atoms with Gasteiger partial charge >= 0.3 is 6.18 Å². The van der Waals surface area contributed by atoms with Gasteiger partial charge in [-0.05, 0) is 24.6 Å². The number of ether oxygens (including phenoxy) is 1. The average molecular weight is 369 g/mol. The molecule has 0 unspecified atom stereocenters. The van der Waals surface area contributed by atoms with Crippen LogP contribution in [0.2, 0.25) is 0 Å². The molecule has 0 spiro atoms. The van der Waals surface area contributed by atoms with E-state index in [1.54, 1.807) is 37.0 Å². The van der Waals surface area contributed by atoms with Crippen LogP contribution in [0.4, 0.5) is 13.2 Å². The molecule has 2 N–H and O–H groups in total. The molecule has 26 heavy (non-hydrogen) atoms. The Bertz CT molecular complexity index is 714. The lowest BCUT2D eigenvalue weighted by Gasteiger charge is -2.16. The van der Waals surface area contributed by atoms with E-state index in [0.29, 0.717) is 24.6 Å². The summed E-state index contributed by atoms with van der Waals surface area (Å²) < 4.78 is 44.0. The number of alkyl halides is 3. The van der Waals surface area contributed by atoms with E-state index in [2.05, 4.69) is 20.7 Å². The highest BCUT2D eigenvalue weighted by Gasteiger charge is 2.28. The van der Waals surface area contributed by atoms with Crippen molar-refractivity contribution in [2.45, 2.75) is 26.2 Å². The lowest BCUT2D eigenvalue weighted by molar-refractivity contribution is -0.153.